The van der Waals surface area contributed by atoms with Crippen LogP contribution in [0, 0.1) is 5.92 Å². The Labute approximate surface area is 85.1 Å². The van der Waals surface area contributed by atoms with Crippen molar-refractivity contribution in [3.63, 3.8) is 0 Å². The van der Waals surface area contributed by atoms with Crippen molar-refractivity contribution < 1.29 is 0 Å². The van der Waals surface area contributed by atoms with Gasteiger partial charge < -0.3 is 0 Å². The van der Waals surface area contributed by atoms with E-state index in [4.69, 9.17) is 0 Å². The van der Waals surface area contributed by atoms with Gasteiger partial charge in [0, 0.05) is 20.6 Å². The first-order valence-electron chi connectivity index (χ1n) is 5.44. The summed E-state index contributed by atoms with van der Waals surface area (Å²) in [5.74, 6) is 0.841. The molecule has 0 saturated carbocycles. The predicted octanol–water partition coefficient (Wildman–Crippen LogP) is 4.28. The Morgan fingerprint density at radius 2 is 1.92 bits per heavy atom. The smallest absolute Gasteiger partial charge is 0.0591 e. The summed E-state index contributed by atoms with van der Waals surface area (Å²) in [6.07, 6.45) is 8.93. The monoisotopic (exact) mass is 201 g/mol. The van der Waals surface area contributed by atoms with Crippen molar-refractivity contribution in [1.29, 1.82) is 0 Å². The molecule has 0 bridgehead atoms. The Bertz CT molecular complexity index is 138. The summed E-state index contributed by atoms with van der Waals surface area (Å²) in [4.78, 5) is 0. The molecule has 0 heterocycles. The lowest BCUT2D eigenvalue weighted by atomic mass is 10.1. The Morgan fingerprint density at radius 1 is 1.31 bits per heavy atom. The van der Waals surface area contributed by atoms with E-state index in [1.165, 1.54) is 31.6 Å². The van der Waals surface area contributed by atoms with Crippen LogP contribution in [0.2, 0.25) is 0 Å². The standard InChI is InChI=1S/C12H26P/c1-6-8-12(3)9-11-13(4,5)10-7-2/h6,12H,1,7-11H2,2-5H3/q+1. The van der Waals surface area contributed by atoms with Gasteiger partial charge in [-0.2, -0.15) is 0 Å². The van der Waals surface area contributed by atoms with Crippen molar-refractivity contribution in [2.24, 2.45) is 5.92 Å². The lowest BCUT2D eigenvalue weighted by Crippen LogP contribution is -2.04. The molecule has 0 aromatic rings. The zero-order valence-corrected chi connectivity index (χ0v) is 10.7. The zero-order chi connectivity index (χ0) is 10.3. The van der Waals surface area contributed by atoms with Crippen LogP contribution >= 0.6 is 7.26 Å². The molecular formula is C12H26P+. The quantitative estimate of drug-likeness (QED) is 0.426. The topological polar surface area (TPSA) is 0 Å². The highest BCUT2D eigenvalue weighted by molar-refractivity contribution is 7.74. The van der Waals surface area contributed by atoms with Crippen molar-refractivity contribution in [1.82, 2.24) is 0 Å². The van der Waals surface area contributed by atoms with Crippen LogP contribution in [-0.4, -0.2) is 25.7 Å². The van der Waals surface area contributed by atoms with Gasteiger partial charge in [0.05, 0.1) is 12.3 Å². The van der Waals surface area contributed by atoms with Crippen LogP contribution in [0.15, 0.2) is 12.7 Å². The van der Waals surface area contributed by atoms with Gasteiger partial charge in [0.15, 0.2) is 0 Å². The van der Waals surface area contributed by atoms with Crippen LogP contribution < -0.4 is 0 Å². The molecule has 78 valence electrons. The van der Waals surface area contributed by atoms with Crippen LogP contribution in [0.3, 0.4) is 0 Å². The molecule has 0 saturated heterocycles. The summed E-state index contributed by atoms with van der Waals surface area (Å²) in [6.45, 7) is 13.4. The minimum absolute atomic E-state index is 0.554. The second-order valence-corrected chi connectivity index (χ2v) is 9.57. The summed E-state index contributed by atoms with van der Waals surface area (Å²) in [7, 11) is -0.554. The third kappa shape index (κ3) is 7.26. The molecule has 0 aromatic heterocycles. The summed E-state index contributed by atoms with van der Waals surface area (Å²) < 4.78 is 0. The predicted molar refractivity (Wildman–Crippen MR) is 67.4 cm³/mol. The number of hydrogen-bond donors (Lipinski definition) is 0. The van der Waals surface area contributed by atoms with Crippen LogP contribution in [0.5, 0.6) is 0 Å². The summed E-state index contributed by atoms with van der Waals surface area (Å²) in [5.41, 5.74) is 0. The molecule has 0 aliphatic rings. The van der Waals surface area contributed by atoms with Gasteiger partial charge in [-0.1, -0.05) is 19.9 Å². The maximum absolute atomic E-state index is 3.79. The van der Waals surface area contributed by atoms with E-state index in [1.54, 1.807) is 0 Å². The summed E-state index contributed by atoms with van der Waals surface area (Å²) in [5, 5.41) is 0. The van der Waals surface area contributed by atoms with Crippen LogP contribution in [0.25, 0.3) is 0 Å². The fourth-order valence-electron chi connectivity index (χ4n) is 1.69. The Kier molecular flexibility index (Phi) is 6.68. The van der Waals surface area contributed by atoms with E-state index in [2.05, 4.69) is 39.8 Å². The molecule has 0 radical (unpaired) electrons. The van der Waals surface area contributed by atoms with Gasteiger partial charge in [0.1, 0.15) is 0 Å². The summed E-state index contributed by atoms with van der Waals surface area (Å²) in [6, 6.07) is 0. The molecule has 0 nitrogen and oxygen atoms in total. The molecule has 1 unspecified atom stereocenters. The van der Waals surface area contributed by atoms with Crippen LogP contribution in [-0.2, 0) is 0 Å². The van der Waals surface area contributed by atoms with E-state index >= 15 is 0 Å². The maximum Gasteiger partial charge on any atom is 0.0591 e. The molecular weight excluding hydrogens is 175 g/mol. The van der Waals surface area contributed by atoms with E-state index < -0.39 is 7.26 Å². The van der Waals surface area contributed by atoms with E-state index in [0.717, 1.165) is 5.92 Å². The molecule has 1 atom stereocenters. The fourth-order valence-corrected chi connectivity index (χ4v) is 4.26. The number of allylic oxidation sites excluding steroid dienone is 1. The highest BCUT2D eigenvalue weighted by Gasteiger charge is 2.23. The van der Waals surface area contributed by atoms with Crippen LogP contribution in [0.1, 0.15) is 33.1 Å². The zero-order valence-electron chi connectivity index (χ0n) is 9.84. The van der Waals surface area contributed by atoms with Crippen molar-refractivity contribution in [3.05, 3.63) is 12.7 Å². The lowest BCUT2D eigenvalue weighted by molar-refractivity contribution is 0.575. The molecule has 1 heteroatoms. The van der Waals surface area contributed by atoms with Crippen LogP contribution in [0.4, 0.5) is 0 Å². The van der Waals surface area contributed by atoms with Gasteiger partial charge in [-0.3, -0.25) is 0 Å². The Hall–Kier alpha value is 0.170. The molecule has 0 amide bonds. The fraction of sp³-hybridized carbons (Fsp3) is 0.833. The molecule has 0 aliphatic heterocycles. The van der Waals surface area contributed by atoms with Crippen molar-refractivity contribution in [2.75, 3.05) is 25.7 Å². The highest BCUT2D eigenvalue weighted by atomic mass is 31.2. The van der Waals surface area contributed by atoms with Gasteiger partial charge >= 0.3 is 0 Å². The van der Waals surface area contributed by atoms with Gasteiger partial charge in [0.2, 0.25) is 0 Å². The second-order valence-electron chi connectivity index (χ2n) is 4.80. The molecule has 13 heavy (non-hydrogen) atoms. The normalized spacial score (nSPS) is 14.2. The molecule has 0 spiro atoms. The SMILES string of the molecule is C=CCC(C)CC[P+](C)(C)CCC. The first-order chi connectivity index (χ1) is 6.02. The number of hydrogen-bond acceptors (Lipinski definition) is 0. The van der Waals surface area contributed by atoms with Gasteiger partial charge in [-0.25, -0.2) is 0 Å². The molecule has 0 aromatic carbocycles. The van der Waals surface area contributed by atoms with Gasteiger partial charge in [-0.05, 0) is 25.2 Å². The van der Waals surface area contributed by atoms with E-state index in [1.807, 2.05) is 0 Å². The maximum atomic E-state index is 3.79. The third-order valence-electron chi connectivity index (χ3n) is 2.63. The first kappa shape index (κ1) is 13.2. The molecule has 0 N–H and O–H groups in total. The van der Waals surface area contributed by atoms with Crippen molar-refractivity contribution in [2.45, 2.75) is 33.1 Å². The minimum Gasteiger partial charge on any atom is -0.103 e. The highest BCUT2D eigenvalue weighted by Crippen LogP contribution is 2.52. The average Bonchev–Trinajstić information content (AvgIpc) is 2.02. The van der Waals surface area contributed by atoms with E-state index in [-0.39, 0.29) is 0 Å². The van der Waals surface area contributed by atoms with Crippen molar-refractivity contribution >= 4 is 7.26 Å². The van der Waals surface area contributed by atoms with E-state index in [9.17, 15) is 0 Å². The summed E-state index contributed by atoms with van der Waals surface area (Å²) >= 11 is 0. The van der Waals surface area contributed by atoms with Gasteiger partial charge in [-0.15, -0.1) is 6.58 Å². The van der Waals surface area contributed by atoms with Gasteiger partial charge in [0.25, 0.3) is 0 Å². The first-order valence-corrected chi connectivity index (χ1v) is 8.50. The average molecular weight is 201 g/mol. The Balaban J connectivity index is 3.66. The largest absolute Gasteiger partial charge is 0.103 e. The van der Waals surface area contributed by atoms with Crippen molar-refractivity contribution in [3.8, 4) is 0 Å². The van der Waals surface area contributed by atoms with E-state index in [0.29, 0.717) is 0 Å². The lowest BCUT2D eigenvalue weighted by Gasteiger charge is -2.19. The minimum atomic E-state index is -0.554. The third-order valence-corrected chi connectivity index (χ3v) is 5.75. The number of rotatable bonds is 7. The second kappa shape index (κ2) is 6.60. The molecule has 0 aliphatic carbocycles. The molecule has 0 rings (SSSR count). The molecule has 0 fully saturated rings. The Morgan fingerprint density at radius 3 is 2.38 bits per heavy atom.